The molecule has 1 unspecified atom stereocenters. The Hall–Kier alpha value is -2.95. The third kappa shape index (κ3) is 5.35. The van der Waals surface area contributed by atoms with Gasteiger partial charge in [-0.2, -0.15) is 0 Å². The van der Waals surface area contributed by atoms with Gasteiger partial charge >= 0.3 is 12.5 Å². The number of likely N-dealkylation sites (tertiary alicyclic amines) is 1. The van der Waals surface area contributed by atoms with E-state index >= 15 is 0 Å². The highest BCUT2D eigenvalue weighted by molar-refractivity contribution is 7.92. The number of hydrogen-bond donors (Lipinski definition) is 1. The van der Waals surface area contributed by atoms with Crippen LogP contribution in [0.4, 0.5) is 23.7 Å². The summed E-state index contributed by atoms with van der Waals surface area (Å²) >= 11 is 0. The number of anilines is 1. The molecule has 3 rings (SSSR count). The van der Waals surface area contributed by atoms with E-state index in [2.05, 4.69) is 9.46 Å². The minimum atomic E-state index is -4.86. The van der Waals surface area contributed by atoms with Gasteiger partial charge in [0.05, 0.1) is 12.0 Å². The van der Waals surface area contributed by atoms with Gasteiger partial charge in [0, 0.05) is 24.7 Å². The van der Waals surface area contributed by atoms with Crippen LogP contribution in [0, 0.1) is 0 Å². The van der Waals surface area contributed by atoms with Crippen LogP contribution in [0.15, 0.2) is 53.4 Å². The van der Waals surface area contributed by atoms with Crippen LogP contribution in [-0.4, -0.2) is 46.0 Å². The van der Waals surface area contributed by atoms with E-state index in [1.165, 1.54) is 7.11 Å². The van der Waals surface area contributed by atoms with E-state index in [0.717, 1.165) is 29.8 Å². The van der Waals surface area contributed by atoms with Gasteiger partial charge in [-0.1, -0.05) is 12.1 Å². The van der Waals surface area contributed by atoms with E-state index in [9.17, 15) is 26.4 Å². The van der Waals surface area contributed by atoms with Gasteiger partial charge in [-0.15, -0.1) is 13.2 Å². The molecule has 2 aromatic carbocycles. The van der Waals surface area contributed by atoms with E-state index in [-0.39, 0.29) is 10.8 Å². The van der Waals surface area contributed by atoms with Gasteiger partial charge in [0.2, 0.25) is 0 Å². The second-order valence-corrected chi connectivity index (χ2v) is 8.33. The molecule has 1 N–H and O–H groups in total. The summed E-state index contributed by atoms with van der Waals surface area (Å²) in [5.74, 6) is -0.479. The quantitative estimate of drug-likeness (QED) is 0.755. The second-order valence-electron chi connectivity index (χ2n) is 6.65. The molecule has 0 saturated carbocycles. The Morgan fingerprint density at radius 2 is 1.87 bits per heavy atom. The molecule has 162 valence electrons. The minimum absolute atomic E-state index is 0.0346. The Kier molecular flexibility index (Phi) is 6.11. The summed E-state index contributed by atoms with van der Waals surface area (Å²) in [7, 11) is -2.70. The van der Waals surface area contributed by atoms with E-state index < -0.39 is 28.2 Å². The molecule has 0 aliphatic carbocycles. The number of hydrogen-bond acceptors (Lipinski definition) is 5. The molecule has 1 aliphatic heterocycles. The zero-order chi connectivity index (χ0) is 21.9. The van der Waals surface area contributed by atoms with Gasteiger partial charge in [0.25, 0.3) is 10.0 Å². The number of carbonyl (C=O) groups excluding carboxylic acids is 1. The Balaban J connectivity index is 1.71. The second kappa shape index (κ2) is 8.42. The molecule has 1 atom stereocenters. The van der Waals surface area contributed by atoms with Crippen molar-refractivity contribution in [1.29, 1.82) is 0 Å². The number of benzene rings is 2. The molecule has 1 saturated heterocycles. The lowest BCUT2D eigenvalue weighted by Gasteiger charge is -2.16. The minimum Gasteiger partial charge on any atom is -0.453 e. The average molecular weight is 444 g/mol. The Labute approximate surface area is 171 Å². The van der Waals surface area contributed by atoms with Crippen LogP contribution in [0.1, 0.15) is 17.9 Å². The molecule has 0 radical (unpaired) electrons. The lowest BCUT2D eigenvalue weighted by Crippen LogP contribution is -2.28. The van der Waals surface area contributed by atoms with Crippen molar-refractivity contribution in [3.05, 3.63) is 54.1 Å². The fourth-order valence-corrected chi connectivity index (χ4v) is 4.27. The number of carbonyl (C=O) groups is 1. The van der Waals surface area contributed by atoms with E-state index in [0.29, 0.717) is 25.2 Å². The van der Waals surface area contributed by atoms with Crippen LogP contribution in [0.5, 0.6) is 5.75 Å². The fourth-order valence-electron chi connectivity index (χ4n) is 3.22. The molecule has 1 aliphatic rings. The molecule has 0 spiro atoms. The van der Waals surface area contributed by atoms with Gasteiger partial charge in [-0.25, -0.2) is 13.2 Å². The first-order chi connectivity index (χ1) is 14.1. The number of amides is 1. The normalized spacial score (nSPS) is 16.9. The number of nitrogens with zero attached hydrogens (tertiary/aromatic N) is 1. The summed E-state index contributed by atoms with van der Waals surface area (Å²) in [6.45, 7) is 1.00. The number of halogens is 3. The van der Waals surface area contributed by atoms with Crippen LogP contribution in [-0.2, 0) is 14.8 Å². The highest BCUT2D eigenvalue weighted by Crippen LogP contribution is 2.30. The smallest absolute Gasteiger partial charge is 0.453 e. The summed E-state index contributed by atoms with van der Waals surface area (Å²) in [5.41, 5.74) is 1.16. The third-order valence-corrected chi connectivity index (χ3v) is 6.00. The highest BCUT2D eigenvalue weighted by atomic mass is 32.2. The summed E-state index contributed by atoms with van der Waals surface area (Å²) in [5, 5.41) is 0. The fraction of sp³-hybridized carbons (Fsp3) is 0.316. The molecule has 1 fully saturated rings. The third-order valence-electron chi connectivity index (χ3n) is 4.60. The largest absolute Gasteiger partial charge is 0.573 e. The predicted octanol–water partition coefficient (Wildman–Crippen LogP) is 3.94. The number of methoxy groups -OCH3 is 1. The average Bonchev–Trinajstić information content (AvgIpc) is 3.17. The van der Waals surface area contributed by atoms with Gasteiger partial charge in [0.15, 0.2) is 0 Å². The lowest BCUT2D eigenvalue weighted by atomic mass is 9.98. The first-order valence-electron chi connectivity index (χ1n) is 8.89. The Morgan fingerprint density at radius 1 is 1.17 bits per heavy atom. The van der Waals surface area contributed by atoms with Gasteiger partial charge in [-0.3, -0.25) is 4.72 Å². The summed E-state index contributed by atoms with van der Waals surface area (Å²) < 4.78 is 72.7. The molecular formula is C19H19F3N2O5S. The molecule has 0 aromatic heterocycles. The van der Waals surface area contributed by atoms with Crippen LogP contribution >= 0.6 is 0 Å². The topological polar surface area (TPSA) is 84.9 Å². The maximum Gasteiger partial charge on any atom is 0.573 e. The summed E-state index contributed by atoms with van der Waals surface area (Å²) in [6.07, 6.45) is -4.55. The lowest BCUT2D eigenvalue weighted by molar-refractivity contribution is -0.274. The number of alkyl halides is 3. The molecule has 7 nitrogen and oxygen atoms in total. The molecular weight excluding hydrogens is 425 g/mol. The monoisotopic (exact) mass is 444 g/mol. The summed E-state index contributed by atoms with van der Waals surface area (Å²) in [6, 6.07) is 10.7. The van der Waals surface area contributed by atoms with Crippen LogP contribution < -0.4 is 9.46 Å². The van der Waals surface area contributed by atoms with Crippen molar-refractivity contribution in [1.82, 2.24) is 4.90 Å². The predicted molar refractivity (Wildman–Crippen MR) is 102 cm³/mol. The SMILES string of the molecule is COC(=O)N1CCC(c2cccc(NS(=O)(=O)c3ccc(OC(F)(F)F)cc3)c2)C1. The van der Waals surface area contributed by atoms with Gasteiger partial charge in [0.1, 0.15) is 5.75 Å². The molecule has 30 heavy (non-hydrogen) atoms. The standard InChI is InChI=1S/C19H19F3N2O5S/c1-28-18(25)24-10-9-14(12-24)13-3-2-4-15(11-13)23-30(26,27)17-7-5-16(6-8-17)29-19(20,21)22/h2-8,11,14,23H,9-10,12H2,1H3. The van der Waals surface area contributed by atoms with Crippen molar-refractivity contribution in [2.75, 3.05) is 24.9 Å². The van der Waals surface area contributed by atoms with Gasteiger partial charge in [-0.05, 0) is 48.4 Å². The Bertz CT molecular complexity index is 1010. The Morgan fingerprint density at radius 3 is 2.50 bits per heavy atom. The molecule has 2 aromatic rings. The van der Waals surface area contributed by atoms with E-state index in [4.69, 9.17) is 4.74 Å². The molecule has 0 bridgehead atoms. The van der Waals surface area contributed by atoms with Crippen molar-refractivity contribution in [3.8, 4) is 5.75 Å². The molecule has 1 heterocycles. The summed E-state index contributed by atoms with van der Waals surface area (Å²) in [4.78, 5) is 13.0. The molecule has 1 amide bonds. The first kappa shape index (κ1) is 21.8. The van der Waals surface area contributed by atoms with E-state index in [1.54, 1.807) is 23.1 Å². The first-order valence-corrected chi connectivity index (χ1v) is 10.4. The number of ether oxygens (including phenoxy) is 2. The molecule has 11 heteroatoms. The van der Waals surface area contributed by atoms with Crippen LogP contribution in [0.2, 0.25) is 0 Å². The van der Waals surface area contributed by atoms with Crippen LogP contribution in [0.3, 0.4) is 0 Å². The maximum absolute atomic E-state index is 12.6. The maximum atomic E-state index is 12.6. The zero-order valence-electron chi connectivity index (χ0n) is 15.8. The number of rotatable bonds is 5. The van der Waals surface area contributed by atoms with Crippen molar-refractivity contribution in [2.45, 2.75) is 23.6 Å². The van der Waals surface area contributed by atoms with Gasteiger partial charge < -0.3 is 14.4 Å². The highest BCUT2D eigenvalue weighted by Gasteiger charge is 2.31. The van der Waals surface area contributed by atoms with E-state index in [1.807, 2.05) is 6.07 Å². The van der Waals surface area contributed by atoms with Crippen LogP contribution in [0.25, 0.3) is 0 Å². The number of sulfonamides is 1. The zero-order valence-corrected chi connectivity index (χ0v) is 16.7. The van der Waals surface area contributed by atoms with Crippen molar-refractivity contribution >= 4 is 21.8 Å². The van der Waals surface area contributed by atoms with Crippen molar-refractivity contribution in [3.63, 3.8) is 0 Å². The van der Waals surface area contributed by atoms with Crippen molar-refractivity contribution < 1.29 is 35.9 Å². The number of nitrogens with one attached hydrogen (secondary N) is 1. The van der Waals surface area contributed by atoms with Crippen molar-refractivity contribution in [2.24, 2.45) is 0 Å².